The van der Waals surface area contributed by atoms with Gasteiger partial charge < -0.3 is 14.5 Å². The van der Waals surface area contributed by atoms with Crippen LogP contribution in [0.5, 0.6) is 0 Å². The van der Waals surface area contributed by atoms with E-state index in [0.717, 1.165) is 51.5 Å². The molecule has 0 aromatic heterocycles. The van der Waals surface area contributed by atoms with Gasteiger partial charge in [0.1, 0.15) is 0 Å². The number of hydrogen-bond donors (Lipinski definition) is 0. The first-order valence-electron chi connectivity index (χ1n) is 12.4. The number of ether oxygens (including phenoxy) is 1. The summed E-state index contributed by atoms with van der Waals surface area (Å²) in [5.74, 6) is -0.916. The van der Waals surface area contributed by atoms with Crippen LogP contribution in [0.3, 0.4) is 0 Å². The summed E-state index contributed by atoms with van der Waals surface area (Å²) in [6, 6.07) is 7.19. The summed E-state index contributed by atoms with van der Waals surface area (Å²) in [5, 5.41) is 0. The molecule has 2 atom stereocenters. The molecule has 6 nitrogen and oxygen atoms in total. The molecular weight excluding hydrogens is 416 g/mol. The zero-order valence-corrected chi connectivity index (χ0v) is 20.6. The predicted octanol–water partition coefficient (Wildman–Crippen LogP) is 4.68. The maximum atomic E-state index is 13.2. The minimum Gasteiger partial charge on any atom is -0.452 e. The van der Waals surface area contributed by atoms with E-state index in [1.54, 1.807) is 29.2 Å². The van der Waals surface area contributed by atoms with Crippen LogP contribution in [0.15, 0.2) is 24.3 Å². The molecule has 180 valence electrons. The second kappa shape index (κ2) is 9.11. The van der Waals surface area contributed by atoms with Crippen molar-refractivity contribution in [2.45, 2.75) is 84.2 Å². The molecule has 3 fully saturated rings. The van der Waals surface area contributed by atoms with E-state index in [-0.39, 0.29) is 46.9 Å². The Hall–Kier alpha value is -2.37. The van der Waals surface area contributed by atoms with E-state index in [1.165, 1.54) is 6.42 Å². The molecule has 4 rings (SSSR count). The summed E-state index contributed by atoms with van der Waals surface area (Å²) in [4.78, 5) is 42.8. The second-order valence-corrected chi connectivity index (χ2v) is 11.6. The van der Waals surface area contributed by atoms with Crippen molar-refractivity contribution < 1.29 is 19.1 Å². The van der Waals surface area contributed by atoms with Gasteiger partial charge in [-0.2, -0.15) is 0 Å². The highest BCUT2D eigenvalue weighted by molar-refractivity contribution is 6.05. The van der Waals surface area contributed by atoms with E-state index in [1.807, 2.05) is 11.9 Å². The Labute approximate surface area is 197 Å². The highest BCUT2D eigenvalue weighted by Crippen LogP contribution is 2.52. The van der Waals surface area contributed by atoms with Gasteiger partial charge in [0.05, 0.1) is 11.1 Å². The maximum Gasteiger partial charge on any atom is 0.339 e. The van der Waals surface area contributed by atoms with Gasteiger partial charge in [-0.1, -0.05) is 52.2 Å². The average Bonchev–Trinajstić information content (AvgIpc) is 3.05. The fourth-order valence-electron chi connectivity index (χ4n) is 6.71. The van der Waals surface area contributed by atoms with E-state index in [2.05, 4.69) is 20.8 Å². The molecule has 0 N–H and O–H groups in total. The molecule has 3 aliphatic rings. The molecule has 1 aromatic carbocycles. The Morgan fingerprint density at radius 3 is 2.39 bits per heavy atom. The molecule has 33 heavy (non-hydrogen) atoms. The maximum absolute atomic E-state index is 13.2. The fraction of sp³-hybridized carbons (Fsp3) is 0.667. The normalized spacial score (nSPS) is 26.7. The molecule has 2 amide bonds. The molecule has 2 bridgehead atoms. The van der Waals surface area contributed by atoms with Crippen molar-refractivity contribution in [3.05, 3.63) is 35.4 Å². The third-order valence-corrected chi connectivity index (χ3v) is 7.88. The van der Waals surface area contributed by atoms with Crippen LogP contribution >= 0.6 is 0 Å². The standard InChI is InChI=1S/C27H38N2O4/c1-26(2)14-20-15-27(3,17-26)18-29(20)23(30)16-33-25(32)22-13-9-8-12-21(22)24(31)28(4)19-10-6-5-7-11-19/h8-9,12-13,19-20H,5-7,10-11,14-18H2,1-4H3. The van der Waals surface area contributed by atoms with Gasteiger partial charge in [-0.15, -0.1) is 0 Å². The number of hydrogen-bond acceptors (Lipinski definition) is 4. The highest BCUT2D eigenvalue weighted by atomic mass is 16.5. The Morgan fingerprint density at radius 1 is 1.03 bits per heavy atom. The third-order valence-electron chi connectivity index (χ3n) is 7.88. The van der Waals surface area contributed by atoms with Crippen LogP contribution in [-0.4, -0.2) is 59.9 Å². The minimum absolute atomic E-state index is 0.134. The van der Waals surface area contributed by atoms with Crippen molar-refractivity contribution in [1.29, 1.82) is 0 Å². The topological polar surface area (TPSA) is 66.9 Å². The van der Waals surface area contributed by atoms with Gasteiger partial charge in [-0.05, 0) is 55.1 Å². The molecule has 2 saturated carbocycles. The van der Waals surface area contributed by atoms with Crippen molar-refractivity contribution in [2.75, 3.05) is 20.2 Å². The Morgan fingerprint density at radius 2 is 1.70 bits per heavy atom. The zero-order valence-electron chi connectivity index (χ0n) is 20.6. The first-order chi connectivity index (χ1) is 15.6. The van der Waals surface area contributed by atoms with Crippen LogP contribution in [-0.2, 0) is 9.53 Å². The molecule has 1 saturated heterocycles. The van der Waals surface area contributed by atoms with Gasteiger partial charge in [-0.3, -0.25) is 9.59 Å². The van der Waals surface area contributed by atoms with Gasteiger partial charge in [0.15, 0.2) is 6.61 Å². The van der Waals surface area contributed by atoms with Crippen molar-refractivity contribution in [3.63, 3.8) is 0 Å². The molecular formula is C27H38N2O4. The predicted molar refractivity (Wildman–Crippen MR) is 127 cm³/mol. The molecule has 0 spiro atoms. The number of carbonyl (C=O) groups is 3. The lowest BCUT2D eigenvalue weighted by atomic mass is 9.65. The zero-order chi connectivity index (χ0) is 23.8. The van der Waals surface area contributed by atoms with Gasteiger partial charge in [0.25, 0.3) is 11.8 Å². The summed E-state index contributed by atoms with van der Waals surface area (Å²) in [5.41, 5.74) is 0.919. The number of fused-ring (bicyclic) bond motifs is 2. The Bertz CT molecular complexity index is 920. The largest absolute Gasteiger partial charge is 0.452 e. The number of likely N-dealkylation sites (tertiary alicyclic amines) is 1. The summed E-state index contributed by atoms with van der Waals surface area (Å²) < 4.78 is 5.45. The van der Waals surface area contributed by atoms with Crippen LogP contribution in [0.2, 0.25) is 0 Å². The number of carbonyl (C=O) groups excluding carboxylic acids is 3. The quantitative estimate of drug-likeness (QED) is 0.606. The first kappa shape index (κ1) is 23.8. The number of rotatable bonds is 5. The van der Waals surface area contributed by atoms with E-state index in [9.17, 15) is 14.4 Å². The molecule has 1 aromatic rings. The van der Waals surface area contributed by atoms with Crippen molar-refractivity contribution in [2.24, 2.45) is 10.8 Å². The van der Waals surface area contributed by atoms with Crippen molar-refractivity contribution >= 4 is 17.8 Å². The Kier molecular flexibility index (Phi) is 6.56. The van der Waals surface area contributed by atoms with E-state index in [0.29, 0.717) is 5.56 Å². The Balaban J connectivity index is 1.40. The molecule has 2 unspecified atom stereocenters. The molecule has 1 aliphatic heterocycles. The fourth-order valence-corrected chi connectivity index (χ4v) is 6.71. The number of benzene rings is 1. The second-order valence-electron chi connectivity index (χ2n) is 11.6. The summed E-state index contributed by atoms with van der Waals surface area (Å²) in [7, 11) is 1.82. The monoisotopic (exact) mass is 454 g/mol. The molecule has 6 heteroatoms. The van der Waals surface area contributed by atoms with E-state index >= 15 is 0 Å². The van der Waals surface area contributed by atoms with E-state index in [4.69, 9.17) is 4.74 Å². The van der Waals surface area contributed by atoms with Gasteiger partial charge in [-0.25, -0.2) is 4.79 Å². The van der Waals surface area contributed by atoms with Crippen LogP contribution < -0.4 is 0 Å². The number of esters is 1. The van der Waals surface area contributed by atoms with E-state index < -0.39 is 5.97 Å². The number of nitrogens with zero attached hydrogens (tertiary/aromatic N) is 2. The summed E-state index contributed by atoms with van der Waals surface area (Å²) in [6.07, 6.45) is 8.55. The van der Waals surface area contributed by atoms with Crippen LogP contribution in [0.25, 0.3) is 0 Å². The third kappa shape index (κ3) is 5.10. The SMILES string of the molecule is CN(C(=O)c1ccccc1C(=O)OCC(=O)N1CC2(C)CC1CC(C)(C)C2)C1CCCCC1. The summed E-state index contributed by atoms with van der Waals surface area (Å²) >= 11 is 0. The van der Waals surface area contributed by atoms with Crippen molar-refractivity contribution in [1.82, 2.24) is 9.80 Å². The molecule has 0 radical (unpaired) electrons. The van der Waals surface area contributed by atoms with Gasteiger partial charge in [0, 0.05) is 25.7 Å². The van der Waals surface area contributed by atoms with Crippen molar-refractivity contribution in [3.8, 4) is 0 Å². The average molecular weight is 455 g/mol. The summed E-state index contributed by atoms with van der Waals surface area (Å²) in [6.45, 7) is 7.23. The number of amides is 2. The van der Waals surface area contributed by atoms with Crippen LogP contribution in [0, 0.1) is 10.8 Å². The van der Waals surface area contributed by atoms with Crippen LogP contribution in [0.1, 0.15) is 92.9 Å². The first-order valence-corrected chi connectivity index (χ1v) is 12.4. The highest BCUT2D eigenvalue weighted by Gasteiger charge is 2.51. The van der Waals surface area contributed by atoms with Crippen LogP contribution in [0.4, 0.5) is 0 Å². The lowest BCUT2D eigenvalue weighted by molar-refractivity contribution is -0.135. The lowest BCUT2D eigenvalue weighted by Crippen LogP contribution is -2.40. The van der Waals surface area contributed by atoms with Gasteiger partial charge >= 0.3 is 5.97 Å². The minimum atomic E-state index is -0.613. The van der Waals surface area contributed by atoms with Gasteiger partial charge in [0.2, 0.25) is 0 Å². The smallest absolute Gasteiger partial charge is 0.339 e. The molecule has 1 heterocycles. The molecule has 2 aliphatic carbocycles. The lowest BCUT2D eigenvalue weighted by Gasteiger charge is -2.39.